The Bertz CT molecular complexity index is 538. The number of nitrogens with one attached hydrogen (secondary N) is 1. The van der Waals surface area contributed by atoms with Crippen LogP contribution in [0.3, 0.4) is 0 Å². The second-order valence-corrected chi connectivity index (χ2v) is 6.71. The Morgan fingerprint density at radius 1 is 1.67 bits per heavy atom. The number of nitrogens with zero attached hydrogens (tertiary/aromatic N) is 2. The number of aromatic nitrogens is 1. The molecule has 8 heteroatoms. The molecule has 0 radical (unpaired) electrons. The topological polar surface area (TPSA) is 85.1 Å². The van der Waals surface area contributed by atoms with Gasteiger partial charge in [-0.2, -0.15) is 0 Å². The van der Waals surface area contributed by atoms with Gasteiger partial charge in [-0.3, -0.25) is 0 Å². The SMILES string of the molecule is CC(C=S(C)(=O)N[N+](=O)[O-])Cc1ccc(Cl)nc1. The highest BCUT2D eigenvalue weighted by Crippen LogP contribution is 2.09. The molecule has 0 aliphatic rings. The molecule has 0 saturated carbocycles. The van der Waals surface area contributed by atoms with Crippen LogP contribution in [0.25, 0.3) is 0 Å². The van der Waals surface area contributed by atoms with Crippen LogP contribution in [0.1, 0.15) is 12.5 Å². The van der Waals surface area contributed by atoms with E-state index in [1.54, 1.807) is 17.1 Å². The van der Waals surface area contributed by atoms with Crippen molar-refractivity contribution in [2.45, 2.75) is 13.3 Å². The minimum absolute atomic E-state index is 0.0853. The molecule has 2 unspecified atom stereocenters. The smallest absolute Gasteiger partial charge is 0.170 e. The lowest BCUT2D eigenvalue weighted by atomic mass is 10.1. The predicted molar refractivity (Wildman–Crippen MR) is 72.4 cm³/mol. The van der Waals surface area contributed by atoms with Gasteiger partial charge >= 0.3 is 0 Å². The molecule has 0 aliphatic heterocycles. The third kappa shape index (κ3) is 5.33. The number of halogens is 1. The normalized spacial score (nSPS) is 15.5. The van der Waals surface area contributed by atoms with E-state index in [1.807, 2.05) is 13.0 Å². The minimum atomic E-state index is -2.78. The molecule has 0 aromatic carbocycles. The molecule has 0 saturated heterocycles. The Hall–Kier alpha value is -1.34. The van der Waals surface area contributed by atoms with Crippen molar-refractivity contribution < 1.29 is 9.24 Å². The van der Waals surface area contributed by atoms with Crippen molar-refractivity contribution in [1.29, 1.82) is 0 Å². The largest absolute Gasteiger partial charge is 0.244 e. The Morgan fingerprint density at radius 2 is 2.33 bits per heavy atom. The fourth-order valence-electron chi connectivity index (χ4n) is 1.57. The van der Waals surface area contributed by atoms with Gasteiger partial charge in [0.2, 0.25) is 0 Å². The van der Waals surface area contributed by atoms with Gasteiger partial charge in [0.1, 0.15) is 5.15 Å². The van der Waals surface area contributed by atoms with Crippen LogP contribution in [0.15, 0.2) is 18.3 Å². The highest BCUT2D eigenvalue weighted by molar-refractivity contribution is 7.98. The number of hydrazine groups is 1. The molecule has 18 heavy (non-hydrogen) atoms. The first-order valence-electron chi connectivity index (χ1n) is 5.15. The van der Waals surface area contributed by atoms with Crippen LogP contribution in [-0.2, 0) is 16.1 Å². The summed E-state index contributed by atoms with van der Waals surface area (Å²) in [5.41, 5.74) is 0.930. The molecule has 0 aliphatic carbocycles. The average molecular weight is 292 g/mol. The van der Waals surface area contributed by atoms with E-state index >= 15 is 0 Å². The summed E-state index contributed by atoms with van der Waals surface area (Å²) in [5, 5.41) is 11.3. The van der Waals surface area contributed by atoms with E-state index < -0.39 is 14.7 Å². The number of pyridine rings is 1. The van der Waals surface area contributed by atoms with Crippen LogP contribution in [0.5, 0.6) is 0 Å². The molecule has 1 rings (SSSR count). The lowest BCUT2D eigenvalue weighted by molar-refractivity contribution is -0.518. The van der Waals surface area contributed by atoms with E-state index in [9.17, 15) is 14.3 Å². The number of rotatable bonds is 5. The Labute approximate surface area is 111 Å². The van der Waals surface area contributed by atoms with E-state index in [0.29, 0.717) is 11.6 Å². The lowest BCUT2D eigenvalue weighted by Gasteiger charge is -2.08. The van der Waals surface area contributed by atoms with E-state index in [1.165, 1.54) is 11.6 Å². The van der Waals surface area contributed by atoms with Gasteiger partial charge < -0.3 is 0 Å². The highest BCUT2D eigenvalue weighted by atomic mass is 35.5. The number of hydrogen-bond acceptors (Lipinski definition) is 4. The zero-order valence-corrected chi connectivity index (χ0v) is 11.6. The van der Waals surface area contributed by atoms with E-state index in [2.05, 4.69) is 4.98 Å². The van der Waals surface area contributed by atoms with Gasteiger partial charge in [-0.25, -0.2) is 19.3 Å². The number of hydrogen-bond donors (Lipinski definition) is 1. The van der Waals surface area contributed by atoms with Crippen molar-refractivity contribution in [2.75, 3.05) is 6.26 Å². The summed E-state index contributed by atoms with van der Waals surface area (Å²) < 4.78 is 11.8. The second kappa shape index (κ2) is 6.01. The maximum atomic E-state index is 11.8. The van der Waals surface area contributed by atoms with Crippen molar-refractivity contribution in [3.05, 3.63) is 39.2 Å². The standard InChI is InChI=1S/C10H14ClN3O3S/c1-8(7-18(2,17)13-14(15)16)5-9-3-4-10(11)12-6-9/h3-4,6-8H,5H2,1-2H3,(H,13,17). The molecule has 2 atom stereocenters. The summed E-state index contributed by atoms with van der Waals surface area (Å²) in [6.07, 6.45) is 3.52. The quantitative estimate of drug-likeness (QED) is 0.384. The molecule has 6 nitrogen and oxygen atoms in total. The van der Waals surface area contributed by atoms with E-state index in [4.69, 9.17) is 11.6 Å². The van der Waals surface area contributed by atoms with Gasteiger partial charge in [0.05, 0.1) is 9.71 Å². The fraction of sp³-hybridized carbons (Fsp3) is 0.400. The Balaban J connectivity index is 2.74. The molecule has 0 fully saturated rings. The summed E-state index contributed by atoms with van der Waals surface area (Å²) >= 11 is 5.66. The van der Waals surface area contributed by atoms with Crippen molar-refractivity contribution in [3.8, 4) is 0 Å². The molecule has 0 amide bonds. The molecule has 100 valence electrons. The van der Waals surface area contributed by atoms with Crippen LogP contribution in [-0.4, -0.2) is 25.8 Å². The minimum Gasteiger partial charge on any atom is -0.244 e. The lowest BCUT2D eigenvalue weighted by Crippen LogP contribution is -2.31. The molecule has 1 aromatic heterocycles. The molecule has 1 N–H and O–H groups in total. The highest BCUT2D eigenvalue weighted by Gasteiger charge is 2.09. The fourth-order valence-corrected chi connectivity index (χ4v) is 3.02. The van der Waals surface area contributed by atoms with Crippen LogP contribution in [0.4, 0.5) is 0 Å². The van der Waals surface area contributed by atoms with Crippen LogP contribution >= 0.6 is 11.6 Å². The third-order valence-corrected chi connectivity index (χ3v) is 3.81. The molecule has 1 aromatic rings. The van der Waals surface area contributed by atoms with Gasteiger partial charge in [0.25, 0.3) is 0 Å². The summed E-state index contributed by atoms with van der Waals surface area (Å²) in [7, 11) is -2.78. The predicted octanol–water partition coefficient (Wildman–Crippen LogP) is 1.33. The monoisotopic (exact) mass is 291 g/mol. The van der Waals surface area contributed by atoms with Crippen LogP contribution in [0.2, 0.25) is 5.15 Å². The molecule has 0 spiro atoms. The van der Waals surface area contributed by atoms with E-state index in [-0.39, 0.29) is 5.92 Å². The zero-order valence-electron chi connectivity index (χ0n) is 10.00. The van der Waals surface area contributed by atoms with Crippen molar-refractivity contribution in [3.63, 3.8) is 0 Å². The first kappa shape index (κ1) is 14.7. The van der Waals surface area contributed by atoms with Gasteiger partial charge in [-0.05, 0) is 29.3 Å². The molecule has 1 heterocycles. The molecular weight excluding hydrogens is 278 g/mol. The van der Waals surface area contributed by atoms with Crippen molar-refractivity contribution in [2.24, 2.45) is 5.92 Å². The summed E-state index contributed by atoms with van der Waals surface area (Å²) in [5.74, 6) is -0.0853. The number of nitro groups is 1. The maximum Gasteiger partial charge on any atom is 0.170 e. The van der Waals surface area contributed by atoms with Gasteiger partial charge in [-0.1, -0.05) is 29.4 Å². The first-order valence-corrected chi connectivity index (χ1v) is 7.55. The van der Waals surface area contributed by atoms with Crippen LogP contribution < -0.4 is 4.83 Å². The van der Waals surface area contributed by atoms with Crippen molar-refractivity contribution >= 4 is 26.7 Å². The maximum absolute atomic E-state index is 11.8. The third-order valence-electron chi connectivity index (χ3n) is 2.09. The molecular formula is C10H14ClN3O3S. The Kier molecular flexibility index (Phi) is 4.92. The Morgan fingerprint density at radius 3 is 2.83 bits per heavy atom. The molecule has 0 bridgehead atoms. The van der Waals surface area contributed by atoms with Gasteiger partial charge in [0, 0.05) is 12.5 Å². The van der Waals surface area contributed by atoms with Gasteiger partial charge in [-0.15, -0.1) is 0 Å². The van der Waals surface area contributed by atoms with E-state index in [0.717, 1.165) is 5.56 Å². The average Bonchev–Trinajstić information content (AvgIpc) is 2.18. The first-order chi connectivity index (χ1) is 8.28. The summed E-state index contributed by atoms with van der Waals surface area (Å²) in [6, 6.07) is 3.49. The summed E-state index contributed by atoms with van der Waals surface area (Å²) in [6.45, 7) is 1.83. The zero-order chi connectivity index (χ0) is 13.8. The second-order valence-electron chi connectivity index (χ2n) is 4.06. The summed E-state index contributed by atoms with van der Waals surface area (Å²) in [4.78, 5) is 16.0. The van der Waals surface area contributed by atoms with Crippen molar-refractivity contribution in [1.82, 2.24) is 9.82 Å². The van der Waals surface area contributed by atoms with Gasteiger partial charge in [0.15, 0.2) is 5.03 Å². The van der Waals surface area contributed by atoms with Crippen LogP contribution in [0, 0.1) is 16.0 Å².